The van der Waals surface area contributed by atoms with Gasteiger partial charge in [-0.15, -0.1) is 0 Å². The summed E-state index contributed by atoms with van der Waals surface area (Å²) in [6.07, 6.45) is 1.52. The van der Waals surface area contributed by atoms with Crippen LogP contribution in [0.5, 0.6) is 5.75 Å². The van der Waals surface area contributed by atoms with Gasteiger partial charge in [-0.2, -0.15) is 0 Å². The van der Waals surface area contributed by atoms with E-state index in [0.29, 0.717) is 12.2 Å². The molecule has 112 valence electrons. The van der Waals surface area contributed by atoms with Gasteiger partial charge in [-0.05, 0) is 50.6 Å². The van der Waals surface area contributed by atoms with Crippen molar-refractivity contribution in [1.29, 1.82) is 0 Å². The van der Waals surface area contributed by atoms with E-state index < -0.39 is 0 Å². The smallest absolute Gasteiger partial charge is 0.170 e. The Hall–Kier alpha value is -1.79. The van der Waals surface area contributed by atoms with E-state index in [2.05, 4.69) is 10.5 Å². The Kier molecular flexibility index (Phi) is 7.46. The summed E-state index contributed by atoms with van der Waals surface area (Å²) in [6.45, 7) is 3.98. The van der Waals surface area contributed by atoms with Crippen molar-refractivity contribution in [3.8, 4) is 5.75 Å². The Morgan fingerprint density at radius 3 is 2.65 bits per heavy atom. The standard InChI is InChI=1S/C14H23N3O3/c1-11(18)3-2-8-16-9-10-20-13-6-4-12(5-7-13)14(15)17-19/h4-7,11,16,18-19H,2-3,8-10H2,1H3,(H2,15,17). The SMILES string of the molecule is CC(O)CCCNCCOc1ccc(/C(N)=N/O)cc1. The van der Waals surface area contributed by atoms with Gasteiger partial charge in [0.1, 0.15) is 12.4 Å². The van der Waals surface area contributed by atoms with Crippen LogP contribution in [0.1, 0.15) is 25.3 Å². The topological polar surface area (TPSA) is 100 Å². The minimum Gasteiger partial charge on any atom is -0.492 e. The van der Waals surface area contributed by atoms with Crippen LogP contribution >= 0.6 is 0 Å². The maximum Gasteiger partial charge on any atom is 0.170 e. The molecule has 1 unspecified atom stereocenters. The van der Waals surface area contributed by atoms with Crippen LogP contribution in [0.15, 0.2) is 29.4 Å². The quantitative estimate of drug-likeness (QED) is 0.177. The van der Waals surface area contributed by atoms with Gasteiger partial charge in [0.2, 0.25) is 0 Å². The molecule has 0 saturated heterocycles. The second-order valence-electron chi connectivity index (χ2n) is 4.60. The van der Waals surface area contributed by atoms with Gasteiger partial charge in [-0.3, -0.25) is 0 Å². The summed E-state index contributed by atoms with van der Waals surface area (Å²) in [5.41, 5.74) is 6.11. The number of hydrogen-bond donors (Lipinski definition) is 4. The average molecular weight is 281 g/mol. The number of nitrogens with zero attached hydrogens (tertiary/aromatic N) is 1. The van der Waals surface area contributed by atoms with E-state index >= 15 is 0 Å². The minimum absolute atomic E-state index is 0.0799. The molecule has 6 nitrogen and oxygen atoms in total. The van der Waals surface area contributed by atoms with Crippen LogP contribution in [-0.2, 0) is 0 Å². The molecule has 1 aromatic carbocycles. The first-order valence-corrected chi connectivity index (χ1v) is 6.73. The molecule has 0 spiro atoms. The number of ether oxygens (including phenoxy) is 1. The number of oxime groups is 1. The minimum atomic E-state index is -0.235. The maximum atomic E-state index is 9.10. The van der Waals surface area contributed by atoms with Gasteiger partial charge in [0.25, 0.3) is 0 Å². The lowest BCUT2D eigenvalue weighted by atomic mass is 10.2. The van der Waals surface area contributed by atoms with Crippen LogP contribution in [0.3, 0.4) is 0 Å². The van der Waals surface area contributed by atoms with Gasteiger partial charge in [-0.25, -0.2) is 0 Å². The summed E-state index contributed by atoms with van der Waals surface area (Å²) in [6, 6.07) is 7.03. The third-order valence-electron chi connectivity index (χ3n) is 2.78. The first-order chi connectivity index (χ1) is 9.63. The van der Waals surface area contributed by atoms with Gasteiger partial charge in [0.15, 0.2) is 5.84 Å². The van der Waals surface area contributed by atoms with Crippen molar-refractivity contribution >= 4 is 5.84 Å². The lowest BCUT2D eigenvalue weighted by molar-refractivity contribution is 0.181. The molecular weight excluding hydrogens is 258 g/mol. The number of benzene rings is 1. The highest BCUT2D eigenvalue weighted by atomic mass is 16.5. The molecule has 0 bridgehead atoms. The van der Waals surface area contributed by atoms with E-state index in [9.17, 15) is 0 Å². The summed E-state index contributed by atoms with van der Waals surface area (Å²) in [5, 5.41) is 23.8. The predicted octanol–water partition coefficient (Wildman–Crippen LogP) is 0.910. The highest BCUT2D eigenvalue weighted by molar-refractivity contribution is 5.97. The van der Waals surface area contributed by atoms with E-state index in [1.54, 1.807) is 31.2 Å². The molecular formula is C14H23N3O3. The number of rotatable bonds is 9. The first kappa shape index (κ1) is 16.3. The Labute approximate surface area is 119 Å². The monoisotopic (exact) mass is 281 g/mol. The Balaban J connectivity index is 2.16. The van der Waals surface area contributed by atoms with Gasteiger partial charge in [0.05, 0.1) is 6.10 Å². The molecule has 1 atom stereocenters. The van der Waals surface area contributed by atoms with E-state index in [1.807, 2.05) is 0 Å². The number of aliphatic hydroxyl groups excluding tert-OH is 1. The number of nitrogens with one attached hydrogen (secondary N) is 1. The van der Waals surface area contributed by atoms with Gasteiger partial charge in [-0.1, -0.05) is 5.16 Å². The van der Waals surface area contributed by atoms with Crippen molar-refractivity contribution < 1.29 is 15.1 Å². The summed E-state index contributed by atoms with van der Waals surface area (Å²) in [5.74, 6) is 0.821. The van der Waals surface area contributed by atoms with Crippen LogP contribution in [0.25, 0.3) is 0 Å². The molecule has 5 N–H and O–H groups in total. The maximum absolute atomic E-state index is 9.10. The molecule has 0 aliphatic rings. The van der Waals surface area contributed by atoms with Crippen LogP contribution < -0.4 is 15.8 Å². The molecule has 0 aliphatic carbocycles. The fourth-order valence-corrected chi connectivity index (χ4v) is 1.67. The lowest BCUT2D eigenvalue weighted by Crippen LogP contribution is -2.22. The van der Waals surface area contributed by atoms with Gasteiger partial charge < -0.3 is 26.1 Å². The normalized spacial score (nSPS) is 13.2. The van der Waals surface area contributed by atoms with Crippen molar-refractivity contribution in [3.63, 3.8) is 0 Å². The molecule has 0 aliphatic heterocycles. The summed E-state index contributed by atoms with van der Waals surface area (Å²) < 4.78 is 5.55. The Bertz CT molecular complexity index is 405. The van der Waals surface area contributed by atoms with E-state index in [0.717, 1.165) is 31.7 Å². The molecule has 0 amide bonds. The van der Waals surface area contributed by atoms with Crippen molar-refractivity contribution in [1.82, 2.24) is 5.32 Å². The number of amidine groups is 1. The van der Waals surface area contributed by atoms with Crippen molar-refractivity contribution in [2.45, 2.75) is 25.9 Å². The van der Waals surface area contributed by atoms with Crippen LogP contribution in [0.4, 0.5) is 0 Å². The molecule has 6 heteroatoms. The predicted molar refractivity (Wildman–Crippen MR) is 78.2 cm³/mol. The first-order valence-electron chi connectivity index (χ1n) is 6.73. The molecule has 0 aromatic heterocycles. The summed E-state index contributed by atoms with van der Waals surface area (Å²) in [7, 11) is 0. The Morgan fingerprint density at radius 1 is 1.35 bits per heavy atom. The number of nitrogens with two attached hydrogens (primary N) is 1. The average Bonchev–Trinajstić information content (AvgIpc) is 2.45. The molecule has 0 saturated carbocycles. The van der Waals surface area contributed by atoms with Gasteiger partial charge >= 0.3 is 0 Å². The zero-order valence-corrected chi connectivity index (χ0v) is 11.7. The van der Waals surface area contributed by atoms with Crippen LogP contribution in [0.2, 0.25) is 0 Å². The molecule has 0 radical (unpaired) electrons. The summed E-state index contributed by atoms with van der Waals surface area (Å²) in [4.78, 5) is 0. The molecule has 1 aromatic rings. The zero-order valence-electron chi connectivity index (χ0n) is 11.7. The van der Waals surface area contributed by atoms with Crippen molar-refractivity contribution in [2.75, 3.05) is 19.7 Å². The van der Waals surface area contributed by atoms with E-state index in [1.165, 1.54) is 0 Å². The third kappa shape index (κ3) is 6.40. The lowest BCUT2D eigenvalue weighted by Gasteiger charge is -2.08. The number of aliphatic hydroxyl groups is 1. The highest BCUT2D eigenvalue weighted by Gasteiger charge is 2.00. The fraction of sp³-hybridized carbons (Fsp3) is 0.500. The molecule has 0 fully saturated rings. The Morgan fingerprint density at radius 2 is 2.05 bits per heavy atom. The van der Waals surface area contributed by atoms with Crippen LogP contribution in [-0.4, -0.2) is 41.9 Å². The third-order valence-corrected chi connectivity index (χ3v) is 2.78. The second kappa shape index (κ2) is 9.17. The van der Waals surface area contributed by atoms with Crippen molar-refractivity contribution in [2.24, 2.45) is 10.9 Å². The van der Waals surface area contributed by atoms with E-state index in [4.69, 9.17) is 20.8 Å². The van der Waals surface area contributed by atoms with E-state index in [-0.39, 0.29) is 11.9 Å². The number of hydrogen-bond acceptors (Lipinski definition) is 5. The molecule has 20 heavy (non-hydrogen) atoms. The van der Waals surface area contributed by atoms with Gasteiger partial charge in [0, 0.05) is 12.1 Å². The zero-order chi connectivity index (χ0) is 14.8. The summed E-state index contributed by atoms with van der Waals surface area (Å²) >= 11 is 0. The largest absolute Gasteiger partial charge is 0.492 e. The molecule has 1 rings (SSSR count). The second-order valence-corrected chi connectivity index (χ2v) is 4.60. The molecule has 0 heterocycles. The van der Waals surface area contributed by atoms with Crippen molar-refractivity contribution in [3.05, 3.63) is 29.8 Å². The van der Waals surface area contributed by atoms with Crippen LogP contribution in [0, 0.1) is 0 Å². The highest BCUT2D eigenvalue weighted by Crippen LogP contribution is 2.11. The fourth-order valence-electron chi connectivity index (χ4n) is 1.67.